The minimum absolute atomic E-state index is 0.0529. The van der Waals surface area contributed by atoms with Gasteiger partial charge in [0.05, 0.1) is 5.92 Å². The number of allylic oxidation sites excluding steroid dienone is 4. The van der Waals surface area contributed by atoms with Crippen LogP contribution >= 0.6 is 0 Å². The average Bonchev–Trinajstić information content (AvgIpc) is 2.77. The van der Waals surface area contributed by atoms with Crippen molar-refractivity contribution in [3.05, 3.63) is 24.1 Å². The largest absolute Gasteiger partial charge is 0.462 e. The molecule has 0 aromatic rings. The molecule has 2 fully saturated rings. The summed E-state index contributed by atoms with van der Waals surface area (Å²) >= 11 is 0. The van der Waals surface area contributed by atoms with Crippen LogP contribution in [-0.4, -0.2) is 12.1 Å². The number of unbranched alkanes of at least 4 members (excludes halogenated alkanes) is 3. The lowest BCUT2D eigenvalue weighted by Crippen LogP contribution is -2.30. The van der Waals surface area contributed by atoms with E-state index in [1.54, 1.807) is 6.08 Å². The van der Waals surface area contributed by atoms with Crippen molar-refractivity contribution in [2.45, 2.75) is 109 Å². The first kappa shape index (κ1) is 24.6. The zero-order valence-corrected chi connectivity index (χ0v) is 18.8. The first-order valence-corrected chi connectivity index (χ1v) is 12.2. The molecule has 0 atom stereocenters. The second-order valence-corrected chi connectivity index (χ2v) is 9.28. The van der Waals surface area contributed by atoms with E-state index < -0.39 is 5.83 Å². The molecule has 2 aliphatic rings. The van der Waals surface area contributed by atoms with Crippen LogP contribution in [0.15, 0.2) is 24.1 Å². The van der Waals surface area contributed by atoms with Gasteiger partial charge in [0.2, 0.25) is 0 Å². The Labute approximate surface area is 182 Å². The lowest BCUT2D eigenvalue weighted by atomic mass is 9.79. The van der Waals surface area contributed by atoms with Crippen molar-refractivity contribution < 1.29 is 13.9 Å². The molecule has 0 heterocycles. The molecule has 0 aromatic heterocycles. The van der Waals surface area contributed by atoms with E-state index in [0.29, 0.717) is 5.92 Å². The third-order valence-corrected chi connectivity index (χ3v) is 6.95. The predicted octanol–water partition coefficient (Wildman–Crippen LogP) is 7.58. The van der Waals surface area contributed by atoms with Crippen molar-refractivity contribution in [1.82, 2.24) is 0 Å². The number of carbonyl (C=O) groups excluding carboxylic acids is 1. The summed E-state index contributed by atoms with van der Waals surface area (Å²) in [7, 11) is 0. The zero-order valence-electron chi connectivity index (χ0n) is 18.8. The van der Waals surface area contributed by atoms with Crippen molar-refractivity contribution in [2.75, 3.05) is 0 Å². The molecular weight excluding hydrogens is 377 g/mol. The average molecular weight is 418 g/mol. The van der Waals surface area contributed by atoms with Gasteiger partial charge in [-0.05, 0) is 82.1 Å². The molecule has 0 amide bonds. The van der Waals surface area contributed by atoms with E-state index in [-0.39, 0.29) is 18.0 Å². The second kappa shape index (κ2) is 14.4. The summed E-state index contributed by atoms with van der Waals surface area (Å²) in [5.41, 5.74) is 0. The van der Waals surface area contributed by atoms with Gasteiger partial charge < -0.3 is 4.74 Å². The summed E-state index contributed by atoms with van der Waals surface area (Å²) in [6.07, 6.45) is 22.0. The Balaban J connectivity index is 1.57. The number of nitrogens with zero attached hydrogens (tertiary/aromatic N) is 1. The van der Waals surface area contributed by atoms with Crippen LogP contribution in [0.3, 0.4) is 0 Å². The highest BCUT2D eigenvalue weighted by Gasteiger charge is 2.30. The van der Waals surface area contributed by atoms with Crippen LogP contribution in [0.1, 0.15) is 103 Å². The van der Waals surface area contributed by atoms with Crippen LogP contribution < -0.4 is 0 Å². The Morgan fingerprint density at radius 1 is 1.00 bits per heavy atom. The first-order valence-electron chi connectivity index (χ1n) is 12.2. The smallest absolute Gasteiger partial charge is 0.309 e. The molecule has 0 radical (unpaired) electrons. The third-order valence-electron chi connectivity index (χ3n) is 6.95. The Morgan fingerprint density at radius 3 is 2.33 bits per heavy atom. The van der Waals surface area contributed by atoms with E-state index in [1.807, 2.05) is 6.08 Å². The van der Waals surface area contributed by atoms with E-state index in [2.05, 4.69) is 6.92 Å². The highest BCUT2D eigenvalue weighted by molar-refractivity contribution is 5.72. The fraction of sp³-hybridized carbons (Fsp3) is 0.769. The number of nitriles is 1. The normalized spacial score (nSPS) is 27.7. The molecule has 0 bridgehead atoms. The summed E-state index contributed by atoms with van der Waals surface area (Å²) in [5.74, 6) is 0.896. The summed E-state index contributed by atoms with van der Waals surface area (Å²) in [6, 6.07) is 1.47. The van der Waals surface area contributed by atoms with Crippen LogP contribution in [0.25, 0.3) is 0 Å². The van der Waals surface area contributed by atoms with Gasteiger partial charge in [-0.15, -0.1) is 0 Å². The van der Waals surface area contributed by atoms with Crippen LogP contribution in [0, 0.1) is 29.1 Å². The molecule has 0 aliphatic heterocycles. The van der Waals surface area contributed by atoms with Gasteiger partial charge in [0.1, 0.15) is 12.2 Å². The lowest BCUT2D eigenvalue weighted by molar-refractivity contribution is -0.157. The number of halogens is 1. The SMILES string of the molecule is CCCCCC[C@H]1CC[C@H](C(=O)O[C@H]2CC[C@H](CCC=CC=C(F)C#N)CC2)CC1. The van der Waals surface area contributed by atoms with Gasteiger partial charge in [-0.3, -0.25) is 4.79 Å². The van der Waals surface area contributed by atoms with Crippen molar-refractivity contribution in [2.24, 2.45) is 17.8 Å². The minimum atomic E-state index is -0.756. The summed E-state index contributed by atoms with van der Waals surface area (Å²) in [6.45, 7) is 2.25. The highest BCUT2D eigenvalue weighted by atomic mass is 19.1. The van der Waals surface area contributed by atoms with Gasteiger partial charge in [0.25, 0.3) is 0 Å². The molecule has 3 nitrogen and oxygen atoms in total. The van der Waals surface area contributed by atoms with Gasteiger partial charge in [0, 0.05) is 0 Å². The molecule has 30 heavy (non-hydrogen) atoms. The molecule has 168 valence electrons. The number of ether oxygens (including phenoxy) is 1. The second-order valence-electron chi connectivity index (χ2n) is 9.28. The fourth-order valence-corrected chi connectivity index (χ4v) is 4.96. The van der Waals surface area contributed by atoms with Crippen molar-refractivity contribution in [1.29, 1.82) is 5.26 Å². The number of esters is 1. The Morgan fingerprint density at radius 2 is 1.67 bits per heavy atom. The van der Waals surface area contributed by atoms with E-state index in [4.69, 9.17) is 10.00 Å². The van der Waals surface area contributed by atoms with Crippen molar-refractivity contribution in [3.8, 4) is 6.07 Å². The van der Waals surface area contributed by atoms with Crippen LogP contribution in [0.2, 0.25) is 0 Å². The molecule has 2 aliphatic carbocycles. The van der Waals surface area contributed by atoms with E-state index in [1.165, 1.54) is 57.1 Å². The topological polar surface area (TPSA) is 50.1 Å². The minimum Gasteiger partial charge on any atom is -0.462 e. The van der Waals surface area contributed by atoms with E-state index in [9.17, 15) is 9.18 Å². The standard InChI is InChI=1S/C26H40FNO2/c1-2-3-4-6-9-21-12-16-23(17-13-21)26(29)30-25-18-14-22(15-19-25)10-7-5-8-11-24(27)20-28/h5,8,11,21-23,25H,2-4,6-7,9-10,12-19H2,1H3/t21-,22-,23-,25-. The number of rotatable bonds is 11. The molecule has 0 saturated heterocycles. The quantitative estimate of drug-likeness (QED) is 0.151. The molecule has 0 spiro atoms. The van der Waals surface area contributed by atoms with E-state index in [0.717, 1.165) is 57.3 Å². The van der Waals surface area contributed by atoms with Crippen LogP contribution in [-0.2, 0) is 9.53 Å². The maximum atomic E-state index is 12.7. The van der Waals surface area contributed by atoms with Crippen LogP contribution in [0.5, 0.6) is 0 Å². The van der Waals surface area contributed by atoms with Crippen LogP contribution in [0.4, 0.5) is 4.39 Å². The van der Waals surface area contributed by atoms with E-state index >= 15 is 0 Å². The molecule has 4 heteroatoms. The molecule has 0 unspecified atom stereocenters. The molecule has 2 saturated carbocycles. The summed E-state index contributed by atoms with van der Waals surface area (Å²) < 4.78 is 18.6. The Hall–Kier alpha value is -1.63. The van der Waals surface area contributed by atoms with Gasteiger partial charge in [-0.1, -0.05) is 51.2 Å². The highest BCUT2D eigenvalue weighted by Crippen LogP contribution is 2.34. The fourth-order valence-electron chi connectivity index (χ4n) is 4.96. The Kier molecular flexibility index (Phi) is 11.8. The molecular formula is C26H40FNO2. The van der Waals surface area contributed by atoms with Crippen molar-refractivity contribution >= 4 is 5.97 Å². The van der Waals surface area contributed by atoms with Gasteiger partial charge in [-0.2, -0.15) is 9.65 Å². The molecule has 0 aromatic carbocycles. The zero-order chi connectivity index (χ0) is 21.6. The van der Waals surface area contributed by atoms with Crippen molar-refractivity contribution in [3.63, 3.8) is 0 Å². The maximum absolute atomic E-state index is 12.7. The lowest BCUT2D eigenvalue weighted by Gasteiger charge is -2.31. The van der Waals surface area contributed by atoms with Gasteiger partial charge >= 0.3 is 5.97 Å². The monoisotopic (exact) mass is 417 g/mol. The summed E-state index contributed by atoms with van der Waals surface area (Å²) in [5, 5.41) is 8.36. The molecule has 2 rings (SSSR count). The van der Waals surface area contributed by atoms with Gasteiger partial charge in [0.15, 0.2) is 5.83 Å². The predicted molar refractivity (Wildman–Crippen MR) is 119 cm³/mol. The maximum Gasteiger partial charge on any atom is 0.309 e. The first-order chi connectivity index (χ1) is 14.6. The number of carbonyl (C=O) groups is 1. The third kappa shape index (κ3) is 9.45. The number of hydrogen-bond acceptors (Lipinski definition) is 3. The Bertz CT molecular complexity index is 591. The molecule has 0 N–H and O–H groups in total. The van der Waals surface area contributed by atoms with Gasteiger partial charge in [-0.25, -0.2) is 0 Å². The number of hydrogen-bond donors (Lipinski definition) is 0. The summed E-state index contributed by atoms with van der Waals surface area (Å²) in [4.78, 5) is 12.6.